The predicted molar refractivity (Wildman–Crippen MR) is 83.7 cm³/mol. The lowest BCUT2D eigenvalue weighted by Crippen LogP contribution is -2.42. The normalized spacial score (nSPS) is 17.6. The molecule has 1 aliphatic carbocycles. The van der Waals surface area contributed by atoms with E-state index in [0.717, 1.165) is 36.8 Å². The van der Waals surface area contributed by atoms with Crippen molar-refractivity contribution in [2.45, 2.75) is 56.6 Å². The number of nitrogens with one attached hydrogen (secondary N) is 1. The van der Waals surface area contributed by atoms with Crippen LogP contribution in [0.4, 0.5) is 0 Å². The molecule has 1 aromatic carbocycles. The van der Waals surface area contributed by atoms with E-state index in [0.29, 0.717) is 0 Å². The van der Waals surface area contributed by atoms with Gasteiger partial charge in [0.2, 0.25) is 5.91 Å². The third-order valence-electron chi connectivity index (χ3n) is 4.06. The molecule has 0 heterocycles. The Bertz CT molecular complexity index is 604. The fourth-order valence-electron chi connectivity index (χ4n) is 2.71. The zero-order chi connectivity index (χ0) is 15.5. The summed E-state index contributed by atoms with van der Waals surface area (Å²) in [6, 6.07) is 7.54. The second kappa shape index (κ2) is 6.60. The maximum absolute atomic E-state index is 12.4. The van der Waals surface area contributed by atoms with Crippen molar-refractivity contribution in [1.82, 2.24) is 5.32 Å². The molecule has 5 heteroatoms. The first-order valence-corrected chi connectivity index (χ1v) is 9.17. The Morgan fingerprint density at radius 2 is 2.00 bits per heavy atom. The Morgan fingerprint density at radius 1 is 1.33 bits per heavy atom. The van der Waals surface area contributed by atoms with Crippen molar-refractivity contribution < 1.29 is 13.2 Å². The molecule has 0 aromatic heterocycles. The fraction of sp³-hybridized carbons (Fsp3) is 0.562. The molecular formula is C16H23NO3S. The highest BCUT2D eigenvalue weighted by atomic mass is 32.2. The number of aryl methyl sites for hydroxylation is 1. The average molecular weight is 309 g/mol. The molecule has 0 spiro atoms. The summed E-state index contributed by atoms with van der Waals surface area (Å²) in [4.78, 5) is 12.1. The molecule has 0 unspecified atom stereocenters. The second-order valence-corrected chi connectivity index (χ2v) is 8.25. The van der Waals surface area contributed by atoms with Crippen molar-refractivity contribution >= 4 is 15.7 Å². The van der Waals surface area contributed by atoms with Crippen molar-refractivity contribution in [3.05, 3.63) is 35.4 Å². The van der Waals surface area contributed by atoms with Crippen LogP contribution in [0.25, 0.3) is 0 Å². The number of hydrogen-bond acceptors (Lipinski definition) is 3. The number of benzene rings is 1. The highest BCUT2D eigenvalue weighted by molar-refractivity contribution is 7.92. The maximum Gasteiger partial charge on any atom is 0.238 e. The quantitative estimate of drug-likeness (QED) is 0.908. The molecule has 1 aliphatic rings. The lowest BCUT2D eigenvalue weighted by Gasteiger charge is -2.17. The predicted octanol–water partition coefficient (Wildman–Crippen LogP) is 2.36. The molecule has 2 rings (SSSR count). The van der Waals surface area contributed by atoms with Crippen LogP contribution in [-0.2, 0) is 20.4 Å². The van der Waals surface area contributed by atoms with Crippen LogP contribution in [0.2, 0.25) is 0 Å². The molecule has 116 valence electrons. The minimum atomic E-state index is -3.48. The van der Waals surface area contributed by atoms with Crippen LogP contribution in [0.5, 0.6) is 0 Å². The summed E-state index contributed by atoms with van der Waals surface area (Å²) in [5, 5.41) is 1.86. The summed E-state index contributed by atoms with van der Waals surface area (Å²) in [5.74, 6) is -0.456. The van der Waals surface area contributed by atoms with Crippen LogP contribution >= 0.6 is 0 Å². The van der Waals surface area contributed by atoms with E-state index in [-0.39, 0.29) is 17.7 Å². The van der Waals surface area contributed by atoms with Gasteiger partial charge in [-0.15, -0.1) is 0 Å². The van der Waals surface area contributed by atoms with Gasteiger partial charge in [0, 0.05) is 6.04 Å². The molecule has 0 radical (unpaired) electrons. The van der Waals surface area contributed by atoms with Crippen LogP contribution in [0.15, 0.2) is 24.3 Å². The zero-order valence-electron chi connectivity index (χ0n) is 12.6. The molecular weight excluding hydrogens is 286 g/mol. The first kappa shape index (κ1) is 16.0. The SMILES string of the molecule is Cc1cccc(CS(=O)(=O)[C@@H](C)C(=O)NC2CCCC2)c1. The molecule has 1 N–H and O–H groups in total. The van der Waals surface area contributed by atoms with E-state index < -0.39 is 15.1 Å². The summed E-state index contributed by atoms with van der Waals surface area (Å²) in [6.45, 7) is 3.40. The van der Waals surface area contributed by atoms with Gasteiger partial charge in [0.05, 0.1) is 5.75 Å². The van der Waals surface area contributed by atoms with Crippen molar-refractivity contribution in [3.63, 3.8) is 0 Å². The van der Waals surface area contributed by atoms with Crippen LogP contribution in [0.1, 0.15) is 43.7 Å². The summed E-state index contributed by atoms with van der Waals surface area (Å²) >= 11 is 0. The number of rotatable bonds is 5. The summed E-state index contributed by atoms with van der Waals surface area (Å²) in [7, 11) is -3.48. The monoisotopic (exact) mass is 309 g/mol. The molecule has 21 heavy (non-hydrogen) atoms. The Hall–Kier alpha value is -1.36. The first-order valence-electron chi connectivity index (χ1n) is 7.46. The highest BCUT2D eigenvalue weighted by Crippen LogP contribution is 2.19. The Kier molecular flexibility index (Phi) is 5.04. The van der Waals surface area contributed by atoms with Gasteiger partial charge in [-0.2, -0.15) is 0 Å². The summed E-state index contributed by atoms with van der Waals surface area (Å²) < 4.78 is 24.7. The second-order valence-electron chi connectivity index (χ2n) is 5.93. The van der Waals surface area contributed by atoms with E-state index in [2.05, 4.69) is 5.32 Å². The van der Waals surface area contributed by atoms with Gasteiger partial charge in [0.25, 0.3) is 0 Å². The average Bonchev–Trinajstić information content (AvgIpc) is 2.90. The van der Waals surface area contributed by atoms with E-state index >= 15 is 0 Å². The number of amides is 1. The number of carbonyl (C=O) groups is 1. The molecule has 1 amide bonds. The Labute approximate surface area is 126 Å². The molecule has 0 saturated heterocycles. The topological polar surface area (TPSA) is 63.2 Å². The zero-order valence-corrected chi connectivity index (χ0v) is 13.4. The van der Waals surface area contributed by atoms with E-state index in [9.17, 15) is 13.2 Å². The molecule has 1 aromatic rings. The minimum Gasteiger partial charge on any atom is -0.352 e. The third kappa shape index (κ3) is 4.30. The minimum absolute atomic E-state index is 0.0894. The van der Waals surface area contributed by atoms with Gasteiger partial charge in [0.15, 0.2) is 9.84 Å². The molecule has 1 saturated carbocycles. The number of hydrogen-bond donors (Lipinski definition) is 1. The van der Waals surface area contributed by atoms with Crippen LogP contribution in [0, 0.1) is 6.92 Å². The van der Waals surface area contributed by atoms with Crippen LogP contribution < -0.4 is 5.32 Å². The highest BCUT2D eigenvalue weighted by Gasteiger charge is 2.30. The third-order valence-corrected chi connectivity index (χ3v) is 6.09. The van der Waals surface area contributed by atoms with Crippen molar-refractivity contribution in [2.75, 3.05) is 0 Å². The van der Waals surface area contributed by atoms with Crippen molar-refractivity contribution in [1.29, 1.82) is 0 Å². The molecule has 0 aliphatic heterocycles. The molecule has 4 nitrogen and oxygen atoms in total. The van der Waals surface area contributed by atoms with Gasteiger partial charge in [-0.1, -0.05) is 42.7 Å². The van der Waals surface area contributed by atoms with Gasteiger partial charge in [-0.05, 0) is 32.3 Å². The largest absolute Gasteiger partial charge is 0.352 e. The van der Waals surface area contributed by atoms with E-state index in [1.165, 1.54) is 6.92 Å². The maximum atomic E-state index is 12.4. The molecule has 0 bridgehead atoms. The van der Waals surface area contributed by atoms with Gasteiger partial charge < -0.3 is 5.32 Å². The van der Waals surface area contributed by atoms with Gasteiger partial charge in [0.1, 0.15) is 5.25 Å². The molecule has 1 fully saturated rings. The summed E-state index contributed by atoms with van der Waals surface area (Å²) in [5.41, 5.74) is 1.75. The van der Waals surface area contributed by atoms with Crippen LogP contribution in [-0.4, -0.2) is 25.6 Å². The lowest BCUT2D eigenvalue weighted by molar-refractivity contribution is -0.121. The number of sulfone groups is 1. The number of carbonyl (C=O) groups excluding carboxylic acids is 1. The van der Waals surface area contributed by atoms with Gasteiger partial charge in [-0.3, -0.25) is 4.79 Å². The Morgan fingerprint density at radius 3 is 2.62 bits per heavy atom. The van der Waals surface area contributed by atoms with Gasteiger partial charge >= 0.3 is 0 Å². The standard InChI is InChI=1S/C16H23NO3S/c1-12-6-5-7-14(10-12)11-21(19,20)13(2)16(18)17-15-8-3-4-9-15/h5-7,10,13,15H,3-4,8-9,11H2,1-2H3,(H,17,18)/t13-/m0/s1. The van der Waals surface area contributed by atoms with Gasteiger partial charge in [-0.25, -0.2) is 8.42 Å². The van der Waals surface area contributed by atoms with Crippen molar-refractivity contribution in [3.8, 4) is 0 Å². The van der Waals surface area contributed by atoms with E-state index in [1.807, 2.05) is 25.1 Å². The van der Waals surface area contributed by atoms with Crippen LogP contribution in [0.3, 0.4) is 0 Å². The molecule has 1 atom stereocenters. The fourth-order valence-corrected chi connectivity index (χ4v) is 4.00. The lowest BCUT2D eigenvalue weighted by atomic mass is 10.2. The first-order chi connectivity index (χ1) is 9.88. The summed E-state index contributed by atoms with van der Waals surface area (Å²) in [6.07, 6.45) is 4.12. The van der Waals surface area contributed by atoms with Crippen molar-refractivity contribution in [2.24, 2.45) is 0 Å². The smallest absolute Gasteiger partial charge is 0.238 e. The Balaban J connectivity index is 2.02. The van der Waals surface area contributed by atoms with E-state index in [1.54, 1.807) is 6.07 Å². The van der Waals surface area contributed by atoms with E-state index in [4.69, 9.17) is 0 Å².